The van der Waals surface area contributed by atoms with Crippen LogP contribution in [0.1, 0.15) is 5.56 Å². The topological polar surface area (TPSA) is 37.8 Å². The van der Waals surface area contributed by atoms with Crippen molar-refractivity contribution in [2.24, 2.45) is 0 Å². The van der Waals surface area contributed by atoms with Crippen LogP contribution in [-0.4, -0.2) is 17.0 Å². The minimum absolute atomic E-state index is 0.303. The molecule has 6 heteroatoms. The molecule has 2 aromatic rings. The summed E-state index contributed by atoms with van der Waals surface area (Å²) in [5.74, 6) is -1.20. The fourth-order valence-electron chi connectivity index (χ4n) is 1.35. The standard InChI is InChI=1S/C12H11F2N3S/c1-15-5-8-6-16-12(17-7-8)18-11-3-2-9(13)4-10(11)14/h2-4,6-7,15H,5H2,1H3. The number of hydrogen-bond donors (Lipinski definition) is 1. The fraction of sp³-hybridized carbons (Fsp3) is 0.167. The van der Waals surface area contributed by atoms with E-state index in [1.54, 1.807) is 12.4 Å². The van der Waals surface area contributed by atoms with E-state index in [4.69, 9.17) is 0 Å². The largest absolute Gasteiger partial charge is 0.316 e. The molecule has 0 saturated heterocycles. The summed E-state index contributed by atoms with van der Waals surface area (Å²) in [5.41, 5.74) is 0.946. The van der Waals surface area contributed by atoms with Gasteiger partial charge in [-0.2, -0.15) is 0 Å². The second-order valence-corrected chi connectivity index (χ2v) is 4.59. The molecule has 0 radical (unpaired) electrons. The van der Waals surface area contributed by atoms with Crippen molar-refractivity contribution in [3.63, 3.8) is 0 Å². The lowest BCUT2D eigenvalue weighted by molar-refractivity contribution is 0.565. The van der Waals surface area contributed by atoms with E-state index in [0.717, 1.165) is 23.4 Å². The summed E-state index contributed by atoms with van der Waals surface area (Å²) in [4.78, 5) is 8.52. The first-order valence-corrected chi connectivity index (χ1v) is 6.09. The van der Waals surface area contributed by atoms with Gasteiger partial charge in [-0.25, -0.2) is 18.7 Å². The molecule has 94 valence electrons. The molecule has 0 fully saturated rings. The van der Waals surface area contributed by atoms with Crippen molar-refractivity contribution >= 4 is 11.8 Å². The van der Waals surface area contributed by atoms with Gasteiger partial charge < -0.3 is 5.32 Å². The molecule has 0 amide bonds. The highest BCUT2D eigenvalue weighted by Crippen LogP contribution is 2.27. The van der Waals surface area contributed by atoms with Gasteiger partial charge in [-0.3, -0.25) is 0 Å². The highest BCUT2D eigenvalue weighted by molar-refractivity contribution is 7.99. The van der Waals surface area contributed by atoms with Crippen molar-refractivity contribution in [3.05, 3.63) is 47.8 Å². The van der Waals surface area contributed by atoms with Gasteiger partial charge in [0.25, 0.3) is 0 Å². The highest BCUT2D eigenvalue weighted by Gasteiger charge is 2.07. The Morgan fingerprint density at radius 3 is 2.56 bits per heavy atom. The summed E-state index contributed by atoms with van der Waals surface area (Å²) in [7, 11) is 1.83. The van der Waals surface area contributed by atoms with E-state index < -0.39 is 11.6 Å². The monoisotopic (exact) mass is 267 g/mol. The van der Waals surface area contributed by atoms with Crippen LogP contribution < -0.4 is 5.32 Å². The fourth-order valence-corrected chi connectivity index (χ4v) is 2.05. The molecule has 0 saturated carbocycles. The highest BCUT2D eigenvalue weighted by atomic mass is 32.2. The number of hydrogen-bond acceptors (Lipinski definition) is 4. The predicted molar refractivity (Wildman–Crippen MR) is 65.3 cm³/mol. The van der Waals surface area contributed by atoms with Gasteiger partial charge in [0.15, 0.2) is 5.16 Å². The molecule has 1 aromatic carbocycles. The summed E-state index contributed by atoms with van der Waals surface area (Å²) in [6.45, 7) is 0.676. The number of rotatable bonds is 4. The van der Waals surface area contributed by atoms with E-state index in [1.165, 1.54) is 12.1 Å². The Hall–Kier alpha value is -1.53. The summed E-state index contributed by atoms with van der Waals surface area (Å²) in [6, 6.07) is 3.43. The third kappa shape index (κ3) is 3.24. The normalized spacial score (nSPS) is 10.6. The molecule has 1 heterocycles. The number of halogens is 2. The Kier molecular flexibility index (Phi) is 4.22. The molecule has 1 aromatic heterocycles. The Balaban J connectivity index is 2.13. The van der Waals surface area contributed by atoms with Gasteiger partial charge in [0, 0.05) is 30.6 Å². The van der Waals surface area contributed by atoms with Gasteiger partial charge in [0.1, 0.15) is 11.6 Å². The minimum Gasteiger partial charge on any atom is -0.316 e. The first-order chi connectivity index (χ1) is 8.69. The van der Waals surface area contributed by atoms with Crippen LogP contribution in [0, 0.1) is 11.6 Å². The molecule has 1 N–H and O–H groups in total. The first-order valence-electron chi connectivity index (χ1n) is 5.27. The molecule has 0 aliphatic heterocycles. The summed E-state index contributed by atoms with van der Waals surface area (Å²) >= 11 is 1.07. The molecular formula is C12H11F2N3S. The van der Waals surface area contributed by atoms with Crippen LogP contribution in [0.5, 0.6) is 0 Å². The quantitative estimate of drug-likeness (QED) is 0.864. The van der Waals surface area contributed by atoms with Crippen molar-refractivity contribution in [2.75, 3.05) is 7.05 Å². The molecule has 18 heavy (non-hydrogen) atoms. The average Bonchev–Trinajstić information content (AvgIpc) is 2.35. The molecule has 2 rings (SSSR count). The predicted octanol–water partition coefficient (Wildman–Crippen LogP) is 2.63. The van der Waals surface area contributed by atoms with Gasteiger partial charge in [-0.15, -0.1) is 0 Å². The Labute approximate surface area is 108 Å². The molecule has 3 nitrogen and oxygen atoms in total. The molecule has 0 bridgehead atoms. The smallest absolute Gasteiger partial charge is 0.192 e. The van der Waals surface area contributed by atoms with Crippen molar-refractivity contribution in [1.29, 1.82) is 0 Å². The number of nitrogens with one attached hydrogen (secondary N) is 1. The number of nitrogens with zero attached hydrogens (tertiary/aromatic N) is 2. The van der Waals surface area contributed by atoms with Crippen LogP contribution in [0.25, 0.3) is 0 Å². The SMILES string of the molecule is CNCc1cnc(Sc2ccc(F)cc2F)nc1. The van der Waals surface area contributed by atoms with Crippen LogP contribution in [0.4, 0.5) is 8.78 Å². The maximum absolute atomic E-state index is 13.4. The second kappa shape index (κ2) is 5.88. The Morgan fingerprint density at radius 1 is 1.22 bits per heavy atom. The summed E-state index contributed by atoms with van der Waals surface area (Å²) in [5, 5.41) is 3.41. The molecule has 0 spiro atoms. The summed E-state index contributed by atoms with van der Waals surface area (Å²) in [6.07, 6.45) is 3.35. The number of aromatic nitrogens is 2. The van der Waals surface area contributed by atoms with E-state index >= 15 is 0 Å². The summed E-state index contributed by atoms with van der Waals surface area (Å²) < 4.78 is 26.1. The van der Waals surface area contributed by atoms with E-state index in [9.17, 15) is 8.78 Å². The zero-order valence-electron chi connectivity index (χ0n) is 9.65. The van der Waals surface area contributed by atoms with Gasteiger partial charge in [-0.1, -0.05) is 0 Å². The molecule has 0 aliphatic rings. The maximum atomic E-state index is 13.4. The molecular weight excluding hydrogens is 256 g/mol. The van der Waals surface area contributed by atoms with Gasteiger partial charge >= 0.3 is 0 Å². The van der Waals surface area contributed by atoms with Crippen LogP contribution in [0.15, 0.2) is 40.6 Å². The van der Waals surface area contributed by atoms with Crippen LogP contribution in [0.3, 0.4) is 0 Å². The van der Waals surface area contributed by atoms with Gasteiger partial charge in [-0.05, 0) is 30.9 Å². The van der Waals surface area contributed by atoms with Crippen molar-refractivity contribution in [3.8, 4) is 0 Å². The van der Waals surface area contributed by atoms with Crippen LogP contribution in [0.2, 0.25) is 0 Å². The zero-order valence-corrected chi connectivity index (χ0v) is 10.5. The molecule has 0 atom stereocenters. The van der Waals surface area contributed by atoms with Gasteiger partial charge in [0.2, 0.25) is 0 Å². The Morgan fingerprint density at radius 2 is 1.94 bits per heavy atom. The lowest BCUT2D eigenvalue weighted by Crippen LogP contribution is -2.05. The first kappa shape index (κ1) is 12.9. The molecule has 0 unspecified atom stereocenters. The van der Waals surface area contributed by atoms with Crippen molar-refractivity contribution in [1.82, 2.24) is 15.3 Å². The van der Waals surface area contributed by atoms with Gasteiger partial charge in [0.05, 0.1) is 4.90 Å². The van der Waals surface area contributed by atoms with Crippen LogP contribution >= 0.6 is 11.8 Å². The second-order valence-electron chi connectivity index (χ2n) is 3.58. The minimum atomic E-state index is -0.608. The van der Waals surface area contributed by atoms with E-state index in [1.807, 2.05) is 7.05 Å². The lowest BCUT2D eigenvalue weighted by Gasteiger charge is -2.03. The van der Waals surface area contributed by atoms with Crippen molar-refractivity contribution in [2.45, 2.75) is 16.6 Å². The number of benzene rings is 1. The Bertz CT molecular complexity index is 531. The van der Waals surface area contributed by atoms with Crippen LogP contribution in [-0.2, 0) is 6.54 Å². The third-order valence-electron chi connectivity index (χ3n) is 2.16. The average molecular weight is 267 g/mol. The lowest BCUT2D eigenvalue weighted by atomic mass is 10.3. The maximum Gasteiger partial charge on any atom is 0.192 e. The third-order valence-corrected chi connectivity index (χ3v) is 3.10. The zero-order chi connectivity index (χ0) is 13.0. The van der Waals surface area contributed by atoms with E-state index in [0.29, 0.717) is 16.6 Å². The van der Waals surface area contributed by atoms with Crippen molar-refractivity contribution < 1.29 is 8.78 Å². The molecule has 0 aliphatic carbocycles. The van der Waals surface area contributed by atoms with E-state index in [-0.39, 0.29) is 0 Å². The van der Waals surface area contributed by atoms with E-state index in [2.05, 4.69) is 15.3 Å².